The third-order valence-electron chi connectivity index (χ3n) is 2.28. The van der Waals surface area contributed by atoms with Crippen molar-refractivity contribution in [1.29, 1.82) is 0 Å². The molecule has 0 amide bonds. The molecule has 0 fully saturated rings. The smallest absolute Gasteiger partial charge is 0.333 e. The van der Waals surface area contributed by atoms with Gasteiger partial charge in [0.15, 0.2) is 5.88 Å². The number of carbonyl (C=O) groups excluding carboxylic acids is 1. The first-order chi connectivity index (χ1) is 8.34. The molecule has 0 aliphatic carbocycles. The zero-order valence-electron chi connectivity index (χ0n) is 10.2. The Bertz CT molecular complexity index is 596. The lowest BCUT2D eigenvalue weighted by molar-refractivity contribution is -0.139. The standard InChI is InChI=1S/C11H14N2O5/c1-7(2)10(16)18-5-4-13-9(15)6-8(14)12(3)11(13)17/h6,14H,1,4-5H2,2-3H3. The molecule has 0 atom stereocenters. The molecule has 0 unspecified atom stereocenters. The molecule has 0 spiro atoms. The van der Waals surface area contributed by atoms with Gasteiger partial charge in [0.2, 0.25) is 0 Å². The van der Waals surface area contributed by atoms with Gasteiger partial charge in [-0.2, -0.15) is 0 Å². The van der Waals surface area contributed by atoms with E-state index < -0.39 is 23.1 Å². The van der Waals surface area contributed by atoms with Crippen molar-refractivity contribution < 1.29 is 14.6 Å². The summed E-state index contributed by atoms with van der Waals surface area (Å²) in [5, 5.41) is 9.24. The number of aromatic hydroxyl groups is 1. The molecular weight excluding hydrogens is 240 g/mol. The Labute approximate surface area is 103 Å². The van der Waals surface area contributed by atoms with Crippen molar-refractivity contribution in [3.8, 4) is 5.88 Å². The molecule has 18 heavy (non-hydrogen) atoms. The zero-order chi connectivity index (χ0) is 13.9. The van der Waals surface area contributed by atoms with E-state index in [1.807, 2.05) is 0 Å². The maximum Gasteiger partial charge on any atom is 0.333 e. The monoisotopic (exact) mass is 254 g/mol. The van der Waals surface area contributed by atoms with Crippen LogP contribution in [0.4, 0.5) is 0 Å². The molecule has 1 N–H and O–H groups in total. The van der Waals surface area contributed by atoms with E-state index in [1.165, 1.54) is 14.0 Å². The highest BCUT2D eigenvalue weighted by Gasteiger charge is 2.09. The molecule has 1 aromatic heterocycles. The largest absolute Gasteiger partial charge is 0.494 e. The molecule has 1 heterocycles. The van der Waals surface area contributed by atoms with E-state index in [4.69, 9.17) is 4.74 Å². The lowest BCUT2D eigenvalue weighted by Gasteiger charge is -2.08. The number of nitrogens with zero attached hydrogens (tertiary/aromatic N) is 2. The number of hydrogen-bond donors (Lipinski definition) is 1. The summed E-state index contributed by atoms with van der Waals surface area (Å²) >= 11 is 0. The topological polar surface area (TPSA) is 90.5 Å². The highest BCUT2D eigenvalue weighted by molar-refractivity contribution is 5.86. The van der Waals surface area contributed by atoms with Crippen molar-refractivity contribution in [2.45, 2.75) is 13.5 Å². The summed E-state index contributed by atoms with van der Waals surface area (Å²) in [6.07, 6.45) is 0. The van der Waals surface area contributed by atoms with Crippen molar-refractivity contribution >= 4 is 5.97 Å². The van der Waals surface area contributed by atoms with Gasteiger partial charge in [0.25, 0.3) is 5.56 Å². The quantitative estimate of drug-likeness (QED) is 0.570. The normalized spacial score (nSPS) is 10.1. The van der Waals surface area contributed by atoms with E-state index in [2.05, 4.69) is 6.58 Å². The fraction of sp³-hybridized carbons (Fsp3) is 0.364. The molecule has 0 aliphatic rings. The first-order valence-electron chi connectivity index (χ1n) is 5.17. The van der Waals surface area contributed by atoms with Crippen LogP contribution in [0.3, 0.4) is 0 Å². The predicted molar refractivity (Wildman–Crippen MR) is 63.4 cm³/mol. The van der Waals surface area contributed by atoms with Crippen LogP contribution >= 0.6 is 0 Å². The lowest BCUT2D eigenvalue weighted by atomic mass is 10.4. The minimum Gasteiger partial charge on any atom is -0.494 e. The van der Waals surface area contributed by atoms with Crippen LogP contribution in [0.25, 0.3) is 0 Å². The molecule has 0 saturated heterocycles. The predicted octanol–water partition coefficient (Wildman–Crippen LogP) is -0.628. The lowest BCUT2D eigenvalue weighted by Crippen LogP contribution is -2.39. The highest BCUT2D eigenvalue weighted by atomic mass is 16.5. The zero-order valence-corrected chi connectivity index (χ0v) is 10.2. The summed E-state index contributed by atoms with van der Waals surface area (Å²) in [5.74, 6) is -1.00. The van der Waals surface area contributed by atoms with Gasteiger partial charge in [-0.3, -0.25) is 13.9 Å². The van der Waals surface area contributed by atoms with Gasteiger partial charge in [0.05, 0.1) is 12.6 Å². The summed E-state index contributed by atoms with van der Waals surface area (Å²) in [7, 11) is 1.33. The van der Waals surface area contributed by atoms with Crippen LogP contribution in [0.5, 0.6) is 5.88 Å². The Kier molecular flexibility index (Phi) is 4.09. The maximum atomic E-state index is 11.6. The third-order valence-corrected chi connectivity index (χ3v) is 2.28. The summed E-state index contributed by atoms with van der Waals surface area (Å²) in [4.78, 5) is 34.2. The molecule has 0 radical (unpaired) electrons. The molecule has 0 aromatic carbocycles. The third kappa shape index (κ3) is 2.88. The van der Waals surface area contributed by atoms with Gasteiger partial charge in [-0.15, -0.1) is 0 Å². The molecule has 7 heteroatoms. The number of rotatable bonds is 4. The van der Waals surface area contributed by atoms with Crippen LogP contribution in [0.1, 0.15) is 6.92 Å². The van der Waals surface area contributed by atoms with Crippen LogP contribution in [0, 0.1) is 0 Å². The van der Waals surface area contributed by atoms with Crippen LogP contribution in [-0.4, -0.2) is 26.8 Å². The number of aromatic nitrogens is 2. The highest BCUT2D eigenvalue weighted by Crippen LogP contribution is 1.97. The van der Waals surface area contributed by atoms with Crippen molar-refractivity contribution in [2.24, 2.45) is 7.05 Å². The number of carbonyl (C=O) groups is 1. The van der Waals surface area contributed by atoms with Gasteiger partial charge in [0, 0.05) is 12.6 Å². The van der Waals surface area contributed by atoms with Crippen LogP contribution < -0.4 is 11.2 Å². The number of hydrogen-bond acceptors (Lipinski definition) is 5. The molecular formula is C11H14N2O5. The van der Waals surface area contributed by atoms with Crippen LogP contribution in [0.15, 0.2) is 27.8 Å². The van der Waals surface area contributed by atoms with Crippen molar-refractivity contribution in [2.75, 3.05) is 6.61 Å². The Morgan fingerprint density at radius 1 is 1.50 bits per heavy atom. The Balaban J connectivity index is 2.84. The van der Waals surface area contributed by atoms with E-state index in [0.717, 1.165) is 15.2 Å². The molecule has 7 nitrogen and oxygen atoms in total. The average molecular weight is 254 g/mol. The Hall–Kier alpha value is -2.31. The molecule has 98 valence electrons. The SMILES string of the molecule is C=C(C)C(=O)OCCn1c(=O)cc(O)n(C)c1=O. The second kappa shape index (κ2) is 5.35. The minimum absolute atomic E-state index is 0.0786. The summed E-state index contributed by atoms with van der Waals surface area (Å²) < 4.78 is 6.56. The van der Waals surface area contributed by atoms with E-state index in [0.29, 0.717) is 0 Å². The maximum absolute atomic E-state index is 11.6. The van der Waals surface area contributed by atoms with Crippen molar-refractivity contribution in [3.05, 3.63) is 39.1 Å². The van der Waals surface area contributed by atoms with Crippen LogP contribution in [0.2, 0.25) is 0 Å². The van der Waals surface area contributed by atoms with E-state index >= 15 is 0 Å². The Morgan fingerprint density at radius 2 is 2.11 bits per heavy atom. The van der Waals surface area contributed by atoms with Gasteiger partial charge >= 0.3 is 11.7 Å². The summed E-state index contributed by atoms with van der Waals surface area (Å²) in [6, 6.07) is 0.919. The fourth-order valence-corrected chi connectivity index (χ4v) is 1.22. The summed E-state index contributed by atoms with van der Waals surface area (Å²) in [6.45, 7) is 4.70. The first kappa shape index (κ1) is 13.8. The average Bonchev–Trinajstić information content (AvgIpc) is 2.30. The second-order valence-corrected chi connectivity index (χ2v) is 3.75. The minimum atomic E-state index is -0.675. The van der Waals surface area contributed by atoms with Crippen molar-refractivity contribution in [1.82, 2.24) is 9.13 Å². The van der Waals surface area contributed by atoms with Crippen LogP contribution in [-0.2, 0) is 23.1 Å². The van der Waals surface area contributed by atoms with E-state index in [9.17, 15) is 19.5 Å². The molecule has 1 aromatic rings. The number of esters is 1. The fourth-order valence-electron chi connectivity index (χ4n) is 1.22. The van der Waals surface area contributed by atoms with Gasteiger partial charge in [-0.1, -0.05) is 6.58 Å². The first-order valence-corrected chi connectivity index (χ1v) is 5.17. The van der Waals surface area contributed by atoms with E-state index in [1.54, 1.807) is 0 Å². The van der Waals surface area contributed by atoms with Crippen molar-refractivity contribution in [3.63, 3.8) is 0 Å². The molecule has 0 bridgehead atoms. The van der Waals surface area contributed by atoms with Gasteiger partial charge in [0.1, 0.15) is 6.61 Å². The van der Waals surface area contributed by atoms with Gasteiger partial charge in [-0.05, 0) is 6.92 Å². The second-order valence-electron chi connectivity index (χ2n) is 3.75. The summed E-state index contributed by atoms with van der Waals surface area (Å²) in [5.41, 5.74) is -1.09. The van der Waals surface area contributed by atoms with E-state index in [-0.39, 0.29) is 18.7 Å². The molecule has 0 saturated carbocycles. The molecule has 0 aliphatic heterocycles. The number of ether oxygens (including phenoxy) is 1. The van der Waals surface area contributed by atoms with Gasteiger partial charge < -0.3 is 9.84 Å². The Morgan fingerprint density at radius 3 is 2.67 bits per heavy atom. The van der Waals surface area contributed by atoms with Gasteiger partial charge in [-0.25, -0.2) is 9.59 Å². The molecule has 1 rings (SSSR count).